The Balaban J connectivity index is 2.11. The normalized spacial score (nSPS) is 10.8. The van der Waals surface area contributed by atoms with Gasteiger partial charge in [0.2, 0.25) is 0 Å². The van der Waals surface area contributed by atoms with Crippen LogP contribution in [0.15, 0.2) is 39.1 Å². The van der Waals surface area contributed by atoms with E-state index in [4.69, 9.17) is 0 Å². The number of nitrogens with one attached hydrogen (secondary N) is 1. The molecule has 4 nitrogen and oxygen atoms in total. The molecule has 0 saturated heterocycles. The quantitative estimate of drug-likeness (QED) is 0.917. The highest BCUT2D eigenvalue weighted by atomic mass is 79.9. The summed E-state index contributed by atoms with van der Waals surface area (Å²) in [7, 11) is 1.89. The van der Waals surface area contributed by atoms with E-state index >= 15 is 0 Å². The molecule has 1 N–H and O–H groups in total. The van der Waals surface area contributed by atoms with Gasteiger partial charge in [0.25, 0.3) is 0 Å². The van der Waals surface area contributed by atoms with Crippen LogP contribution in [0.3, 0.4) is 0 Å². The molecule has 1 aromatic heterocycles. The Hall–Kier alpha value is -0.850. The van der Waals surface area contributed by atoms with E-state index < -0.39 is 0 Å². The summed E-state index contributed by atoms with van der Waals surface area (Å²) in [5.74, 6) is 0. The van der Waals surface area contributed by atoms with Crippen LogP contribution in [0.1, 0.15) is 12.5 Å². The van der Waals surface area contributed by atoms with E-state index in [9.17, 15) is 0 Å². The van der Waals surface area contributed by atoms with Crippen molar-refractivity contribution in [1.82, 2.24) is 20.1 Å². The first-order chi connectivity index (χ1) is 8.70. The van der Waals surface area contributed by atoms with Crippen LogP contribution in [0.25, 0.3) is 0 Å². The molecule has 0 amide bonds. The molecule has 0 aliphatic heterocycles. The summed E-state index contributed by atoms with van der Waals surface area (Å²) in [6.45, 7) is 3.96. The third kappa shape index (κ3) is 3.34. The van der Waals surface area contributed by atoms with Gasteiger partial charge in [0, 0.05) is 23.0 Å². The molecular weight excluding hydrogens is 312 g/mol. The molecule has 2 aromatic rings. The Kier molecular flexibility index (Phi) is 4.79. The van der Waals surface area contributed by atoms with E-state index in [2.05, 4.69) is 56.5 Å². The molecule has 0 unspecified atom stereocenters. The molecule has 0 radical (unpaired) electrons. The highest BCUT2D eigenvalue weighted by molar-refractivity contribution is 9.10. The summed E-state index contributed by atoms with van der Waals surface area (Å²) in [5.41, 5.74) is 1.26. The first-order valence-corrected chi connectivity index (χ1v) is 7.32. The fraction of sp³-hybridized carbons (Fsp3) is 0.333. The third-order valence-corrected chi connectivity index (χ3v) is 4.25. The maximum atomic E-state index is 4.20. The standard InChI is InChI=1S/C12H15BrN4S/c1-3-14-7-9-4-5-10(6-11(9)13)18-12-15-8-16-17(12)2/h4-6,8,14H,3,7H2,1-2H3. The van der Waals surface area contributed by atoms with Gasteiger partial charge in [-0.25, -0.2) is 9.67 Å². The fourth-order valence-electron chi connectivity index (χ4n) is 1.48. The van der Waals surface area contributed by atoms with Crippen LogP contribution >= 0.6 is 27.7 Å². The Morgan fingerprint density at radius 2 is 2.28 bits per heavy atom. The van der Waals surface area contributed by atoms with E-state index in [0.29, 0.717) is 0 Å². The van der Waals surface area contributed by atoms with Crippen molar-refractivity contribution in [2.75, 3.05) is 6.54 Å². The fourth-order valence-corrected chi connectivity index (χ4v) is 2.95. The third-order valence-electron chi connectivity index (χ3n) is 2.47. The van der Waals surface area contributed by atoms with Crippen LogP contribution in [0.4, 0.5) is 0 Å². The molecule has 0 aliphatic carbocycles. The molecule has 0 atom stereocenters. The predicted octanol–water partition coefficient (Wildman–Crippen LogP) is 2.84. The lowest BCUT2D eigenvalue weighted by molar-refractivity contribution is 0.685. The van der Waals surface area contributed by atoms with Crippen LogP contribution in [0, 0.1) is 0 Å². The summed E-state index contributed by atoms with van der Waals surface area (Å²) in [4.78, 5) is 5.35. The van der Waals surface area contributed by atoms with Crippen molar-refractivity contribution in [3.05, 3.63) is 34.6 Å². The largest absolute Gasteiger partial charge is 0.313 e. The number of aryl methyl sites for hydroxylation is 1. The topological polar surface area (TPSA) is 42.7 Å². The second-order valence-corrected chi connectivity index (χ2v) is 5.70. The number of rotatable bonds is 5. The maximum Gasteiger partial charge on any atom is 0.190 e. The molecule has 0 spiro atoms. The minimum Gasteiger partial charge on any atom is -0.313 e. The van der Waals surface area contributed by atoms with Gasteiger partial charge in [-0.3, -0.25) is 0 Å². The molecule has 0 bridgehead atoms. The average molecular weight is 327 g/mol. The molecule has 2 rings (SSSR count). The number of benzene rings is 1. The van der Waals surface area contributed by atoms with Crippen molar-refractivity contribution in [2.24, 2.45) is 7.05 Å². The van der Waals surface area contributed by atoms with Crippen LogP contribution in [-0.2, 0) is 13.6 Å². The summed E-state index contributed by atoms with van der Waals surface area (Å²) in [6, 6.07) is 6.36. The van der Waals surface area contributed by atoms with Gasteiger partial charge >= 0.3 is 0 Å². The van der Waals surface area contributed by atoms with E-state index in [1.807, 2.05) is 7.05 Å². The number of halogens is 1. The lowest BCUT2D eigenvalue weighted by Crippen LogP contribution is -2.11. The van der Waals surface area contributed by atoms with E-state index in [1.165, 1.54) is 5.56 Å². The predicted molar refractivity (Wildman–Crippen MR) is 76.6 cm³/mol. The molecule has 0 fully saturated rings. The molecule has 1 aromatic carbocycles. The van der Waals surface area contributed by atoms with Crippen LogP contribution in [0.5, 0.6) is 0 Å². The average Bonchev–Trinajstić information content (AvgIpc) is 2.74. The van der Waals surface area contributed by atoms with Crippen molar-refractivity contribution in [1.29, 1.82) is 0 Å². The van der Waals surface area contributed by atoms with Gasteiger partial charge < -0.3 is 5.32 Å². The van der Waals surface area contributed by atoms with E-state index in [0.717, 1.165) is 27.6 Å². The molecule has 6 heteroatoms. The number of hydrogen-bond acceptors (Lipinski definition) is 4. The smallest absolute Gasteiger partial charge is 0.190 e. The number of nitrogens with zero attached hydrogens (tertiary/aromatic N) is 3. The van der Waals surface area contributed by atoms with Gasteiger partial charge in [0.15, 0.2) is 5.16 Å². The second-order valence-electron chi connectivity index (χ2n) is 3.80. The Morgan fingerprint density at radius 3 is 2.89 bits per heavy atom. The van der Waals surface area contributed by atoms with Gasteiger partial charge in [-0.1, -0.05) is 40.7 Å². The van der Waals surface area contributed by atoms with Gasteiger partial charge in [-0.05, 0) is 24.2 Å². The van der Waals surface area contributed by atoms with Crippen molar-refractivity contribution in [2.45, 2.75) is 23.5 Å². The molecule has 96 valence electrons. The van der Waals surface area contributed by atoms with Gasteiger partial charge in [-0.2, -0.15) is 5.10 Å². The zero-order valence-corrected chi connectivity index (χ0v) is 12.8. The minimum absolute atomic E-state index is 0.881. The summed E-state index contributed by atoms with van der Waals surface area (Å²) >= 11 is 5.21. The van der Waals surface area contributed by atoms with Crippen molar-refractivity contribution in [3.8, 4) is 0 Å². The number of hydrogen-bond donors (Lipinski definition) is 1. The Morgan fingerprint density at radius 1 is 1.44 bits per heavy atom. The van der Waals surface area contributed by atoms with Crippen LogP contribution in [0.2, 0.25) is 0 Å². The summed E-state index contributed by atoms with van der Waals surface area (Å²) in [5, 5.41) is 8.26. The molecule has 0 aliphatic rings. The van der Waals surface area contributed by atoms with E-state index in [1.54, 1.807) is 22.8 Å². The molecule has 1 heterocycles. The first kappa shape index (κ1) is 13.6. The first-order valence-electron chi connectivity index (χ1n) is 5.71. The highest BCUT2D eigenvalue weighted by Gasteiger charge is 2.06. The van der Waals surface area contributed by atoms with Crippen LogP contribution < -0.4 is 5.32 Å². The minimum atomic E-state index is 0.881. The monoisotopic (exact) mass is 326 g/mol. The van der Waals surface area contributed by atoms with Crippen molar-refractivity contribution >= 4 is 27.7 Å². The van der Waals surface area contributed by atoms with Gasteiger partial charge in [-0.15, -0.1) is 0 Å². The zero-order chi connectivity index (χ0) is 13.0. The SMILES string of the molecule is CCNCc1ccc(Sc2ncnn2C)cc1Br. The maximum absolute atomic E-state index is 4.20. The van der Waals surface area contributed by atoms with Gasteiger partial charge in [0.1, 0.15) is 6.33 Å². The Bertz CT molecular complexity index is 527. The second kappa shape index (κ2) is 6.36. The Labute approximate surface area is 119 Å². The molecule has 18 heavy (non-hydrogen) atoms. The zero-order valence-electron chi connectivity index (χ0n) is 10.4. The van der Waals surface area contributed by atoms with Crippen LogP contribution in [-0.4, -0.2) is 21.3 Å². The summed E-state index contributed by atoms with van der Waals surface area (Å²) < 4.78 is 2.89. The highest BCUT2D eigenvalue weighted by Crippen LogP contribution is 2.29. The van der Waals surface area contributed by atoms with E-state index in [-0.39, 0.29) is 0 Å². The number of aromatic nitrogens is 3. The van der Waals surface area contributed by atoms with Gasteiger partial charge in [0.05, 0.1) is 0 Å². The molecular formula is C12H15BrN4S. The molecule has 0 saturated carbocycles. The lowest BCUT2D eigenvalue weighted by atomic mass is 10.2. The van der Waals surface area contributed by atoms with Crippen molar-refractivity contribution in [3.63, 3.8) is 0 Å². The lowest BCUT2D eigenvalue weighted by Gasteiger charge is -2.07. The van der Waals surface area contributed by atoms with Crippen molar-refractivity contribution < 1.29 is 0 Å². The summed E-state index contributed by atoms with van der Waals surface area (Å²) in [6.07, 6.45) is 1.57.